The molecule has 2 aromatic heterocycles. The van der Waals surface area contributed by atoms with E-state index in [1.165, 1.54) is 12.1 Å². The topological polar surface area (TPSA) is 96.9 Å². The number of piperidine rings is 1. The van der Waals surface area contributed by atoms with Crippen LogP contribution < -0.4 is 15.2 Å². The number of ether oxygens (including phenoxy) is 1. The lowest BCUT2D eigenvalue weighted by Gasteiger charge is -2.32. The zero-order valence-electron chi connectivity index (χ0n) is 16.0. The maximum atomic E-state index is 12.6. The lowest BCUT2D eigenvalue weighted by molar-refractivity contribution is 0.168. The first-order valence-electron chi connectivity index (χ1n) is 9.33. The quantitative estimate of drug-likeness (QED) is 0.441. The number of halogens is 3. The summed E-state index contributed by atoms with van der Waals surface area (Å²) in [5.74, 6) is 0.857. The molecule has 0 bridgehead atoms. The minimum atomic E-state index is -0.433. The predicted molar refractivity (Wildman–Crippen MR) is 125 cm³/mol. The van der Waals surface area contributed by atoms with Crippen molar-refractivity contribution in [1.29, 1.82) is 5.26 Å². The van der Waals surface area contributed by atoms with Gasteiger partial charge in [-0.15, -0.1) is 5.10 Å². The number of anilines is 1. The Kier molecular flexibility index (Phi) is 6.60. The molecule has 0 amide bonds. The zero-order chi connectivity index (χ0) is 22.0. The molecule has 0 saturated carbocycles. The number of aromatic nitrogens is 4. The highest BCUT2D eigenvalue weighted by Crippen LogP contribution is 2.25. The monoisotopic (exact) mass is 568 g/mol. The van der Waals surface area contributed by atoms with E-state index in [9.17, 15) is 10.1 Å². The molecule has 1 aliphatic heterocycles. The molecule has 0 unspecified atom stereocenters. The van der Waals surface area contributed by atoms with Gasteiger partial charge in [0.25, 0.3) is 5.56 Å². The van der Waals surface area contributed by atoms with Crippen LogP contribution in [0.2, 0.25) is 10.0 Å². The van der Waals surface area contributed by atoms with Crippen LogP contribution in [-0.2, 0) is 0 Å². The lowest BCUT2D eigenvalue weighted by Crippen LogP contribution is -2.39. The van der Waals surface area contributed by atoms with Crippen molar-refractivity contribution in [2.75, 3.05) is 18.0 Å². The van der Waals surface area contributed by atoms with Gasteiger partial charge >= 0.3 is 0 Å². The van der Waals surface area contributed by atoms with Crippen LogP contribution in [-0.4, -0.2) is 38.9 Å². The average Bonchev–Trinajstić information content (AvgIpc) is 2.77. The fourth-order valence-electron chi connectivity index (χ4n) is 3.23. The van der Waals surface area contributed by atoms with Gasteiger partial charge in [0, 0.05) is 41.9 Å². The van der Waals surface area contributed by atoms with E-state index in [0.717, 1.165) is 8.25 Å². The van der Waals surface area contributed by atoms with Crippen LogP contribution in [0.1, 0.15) is 18.5 Å². The number of hydrogen-bond donors (Lipinski definition) is 0. The second-order valence-corrected chi connectivity index (χ2v) is 8.88. The van der Waals surface area contributed by atoms with Crippen LogP contribution in [0.4, 0.5) is 5.95 Å². The fourth-order valence-corrected chi connectivity index (χ4v) is 3.80. The van der Waals surface area contributed by atoms with Crippen molar-refractivity contribution in [1.82, 2.24) is 19.7 Å². The molecule has 0 N–H and O–H groups in total. The third-order valence-corrected chi connectivity index (χ3v) is 6.07. The Hall–Kier alpha value is -2.42. The van der Waals surface area contributed by atoms with Crippen LogP contribution in [0.25, 0.3) is 5.69 Å². The molecule has 0 spiro atoms. The van der Waals surface area contributed by atoms with Crippen molar-refractivity contribution in [3.63, 3.8) is 0 Å². The van der Waals surface area contributed by atoms with Crippen molar-refractivity contribution in [3.05, 3.63) is 66.3 Å². The second kappa shape index (κ2) is 9.38. The molecule has 3 aromatic rings. The van der Waals surface area contributed by atoms with E-state index in [4.69, 9.17) is 27.9 Å². The Balaban J connectivity index is 1.50. The molecule has 31 heavy (non-hydrogen) atoms. The van der Waals surface area contributed by atoms with Crippen molar-refractivity contribution >= 4 is 51.7 Å². The molecule has 1 saturated heterocycles. The van der Waals surface area contributed by atoms with E-state index in [-0.39, 0.29) is 22.6 Å². The smallest absolute Gasteiger partial charge is 0.275 e. The van der Waals surface area contributed by atoms with Crippen molar-refractivity contribution in [2.24, 2.45) is 0 Å². The highest BCUT2D eigenvalue weighted by atomic mass is 127. The summed E-state index contributed by atoms with van der Waals surface area (Å²) >= 11 is 14.1. The van der Waals surface area contributed by atoms with Gasteiger partial charge in [-0.25, -0.2) is 9.97 Å². The Morgan fingerprint density at radius 1 is 1.13 bits per heavy atom. The van der Waals surface area contributed by atoms with Crippen LogP contribution in [0.15, 0.2) is 41.5 Å². The number of nitriles is 1. The molecular weight excluding hydrogens is 554 g/mol. The van der Waals surface area contributed by atoms with Gasteiger partial charge in [0.2, 0.25) is 11.6 Å². The number of rotatable bonds is 4. The van der Waals surface area contributed by atoms with Crippen LogP contribution >= 0.6 is 45.8 Å². The SMILES string of the molecule is N#Cc1nn(-c2ccc(Cl)c(Cl)c2)c(=O)cc1OC1CCN(c2ncc(I)cn2)CC1. The van der Waals surface area contributed by atoms with Crippen molar-refractivity contribution < 1.29 is 4.74 Å². The van der Waals surface area contributed by atoms with Gasteiger partial charge in [0.05, 0.1) is 21.8 Å². The van der Waals surface area contributed by atoms with Crippen molar-refractivity contribution in [2.45, 2.75) is 18.9 Å². The highest BCUT2D eigenvalue weighted by Gasteiger charge is 2.24. The summed E-state index contributed by atoms with van der Waals surface area (Å²) in [5.41, 5.74) is -0.000497. The minimum Gasteiger partial charge on any atom is -0.487 e. The first kappa shape index (κ1) is 21.8. The summed E-state index contributed by atoms with van der Waals surface area (Å²) in [7, 11) is 0. The van der Waals surface area contributed by atoms with Gasteiger partial charge in [-0.3, -0.25) is 4.79 Å². The average molecular weight is 569 g/mol. The number of benzene rings is 1. The van der Waals surface area contributed by atoms with Gasteiger partial charge in [-0.2, -0.15) is 9.94 Å². The van der Waals surface area contributed by atoms with E-state index < -0.39 is 5.56 Å². The maximum Gasteiger partial charge on any atom is 0.275 e. The molecule has 3 heterocycles. The molecule has 11 heteroatoms. The molecule has 0 atom stereocenters. The van der Waals surface area contributed by atoms with Crippen LogP contribution in [0, 0.1) is 14.9 Å². The summed E-state index contributed by atoms with van der Waals surface area (Å²) in [6.07, 6.45) is 4.82. The fraction of sp³-hybridized carbons (Fsp3) is 0.250. The maximum absolute atomic E-state index is 12.6. The second-order valence-electron chi connectivity index (χ2n) is 6.82. The standard InChI is InChI=1S/C20H15Cl2IN6O2/c21-15-2-1-13(7-16(15)22)29-19(30)8-18(17(9-24)27-29)31-14-3-5-28(6-4-14)20-25-10-12(23)11-26-20/h1-2,7-8,10-11,14H,3-6H2. The van der Waals surface area contributed by atoms with E-state index in [1.807, 2.05) is 6.07 Å². The molecule has 0 radical (unpaired) electrons. The summed E-state index contributed by atoms with van der Waals surface area (Å²) in [4.78, 5) is 23.4. The normalized spacial score (nSPS) is 14.3. The van der Waals surface area contributed by atoms with Gasteiger partial charge in [0.1, 0.15) is 12.2 Å². The van der Waals surface area contributed by atoms with E-state index in [1.54, 1.807) is 24.5 Å². The van der Waals surface area contributed by atoms with E-state index >= 15 is 0 Å². The molecule has 0 aliphatic carbocycles. The number of hydrogen-bond acceptors (Lipinski definition) is 7. The van der Waals surface area contributed by atoms with Gasteiger partial charge < -0.3 is 9.64 Å². The third-order valence-electron chi connectivity index (χ3n) is 4.78. The molecule has 1 aromatic carbocycles. The Bertz CT molecular complexity index is 1200. The molecule has 8 nitrogen and oxygen atoms in total. The lowest BCUT2D eigenvalue weighted by atomic mass is 10.1. The number of nitrogens with zero attached hydrogens (tertiary/aromatic N) is 6. The molecular formula is C20H15Cl2IN6O2. The minimum absolute atomic E-state index is 0.0223. The van der Waals surface area contributed by atoms with Crippen molar-refractivity contribution in [3.8, 4) is 17.5 Å². The van der Waals surface area contributed by atoms with Gasteiger partial charge in [0.15, 0.2) is 5.75 Å². The van der Waals surface area contributed by atoms with Crippen LogP contribution in [0.3, 0.4) is 0 Å². The highest BCUT2D eigenvalue weighted by molar-refractivity contribution is 14.1. The molecule has 1 aliphatic rings. The summed E-state index contributed by atoms with van der Waals surface area (Å²) in [6, 6.07) is 7.97. The van der Waals surface area contributed by atoms with E-state index in [0.29, 0.717) is 42.6 Å². The molecule has 4 rings (SSSR count). The van der Waals surface area contributed by atoms with Gasteiger partial charge in [-0.1, -0.05) is 23.2 Å². The summed E-state index contributed by atoms with van der Waals surface area (Å²) in [6.45, 7) is 1.42. The Morgan fingerprint density at radius 2 is 1.84 bits per heavy atom. The Labute approximate surface area is 201 Å². The first-order valence-corrected chi connectivity index (χ1v) is 11.2. The Morgan fingerprint density at radius 3 is 2.48 bits per heavy atom. The third kappa shape index (κ3) is 4.92. The summed E-state index contributed by atoms with van der Waals surface area (Å²) < 4.78 is 8.06. The molecule has 158 valence electrons. The first-order chi connectivity index (χ1) is 14.9. The van der Waals surface area contributed by atoms with Gasteiger partial charge in [-0.05, 0) is 40.8 Å². The predicted octanol–water partition coefficient (Wildman–Crippen LogP) is 3.85. The zero-order valence-corrected chi connectivity index (χ0v) is 19.7. The van der Waals surface area contributed by atoms with E-state index in [2.05, 4.69) is 42.6 Å². The molecule has 1 fully saturated rings. The summed E-state index contributed by atoms with van der Waals surface area (Å²) in [5, 5.41) is 14.3. The largest absolute Gasteiger partial charge is 0.487 e. The van der Waals surface area contributed by atoms with Crippen LogP contribution in [0.5, 0.6) is 5.75 Å².